The van der Waals surface area contributed by atoms with Gasteiger partial charge in [0.1, 0.15) is 6.61 Å². The maximum absolute atomic E-state index is 9.79. The van der Waals surface area contributed by atoms with Gasteiger partial charge in [-0.2, -0.15) is 0 Å². The molecule has 0 saturated carbocycles. The summed E-state index contributed by atoms with van der Waals surface area (Å²) in [5.74, 6) is 0. The Labute approximate surface area is 85.3 Å². The zero-order valence-electron chi connectivity index (χ0n) is 6.95. The first-order valence-electron chi connectivity index (χ1n) is 3.42. The van der Waals surface area contributed by atoms with E-state index in [0.717, 1.165) is 10.6 Å². The lowest BCUT2D eigenvalue weighted by molar-refractivity contribution is -0.757. The van der Waals surface area contributed by atoms with Crippen LogP contribution in [0, 0.1) is 17.0 Å². The molecular formula is C6H9ClN2O3S. The van der Waals surface area contributed by atoms with Gasteiger partial charge in [-0.05, 0) is 0 Å². The second-order valence-electron chi connectivity index (χ2n) is 2.24. The molecule has 1 aromatic rings. The van der Waals surface area contributed by atoms with E-state index < -0.39 is 5.09 Å². The van der Waals surface area contributed by atoms with Crippen molar-refractivity contribution in [2.45, 2.75) is 13.3 Å². The highest BCUT2D eigenvalue weighted by Crippen LogP contribution is 2.09. The first-order chi connectivity index (χ1) is 5.70. The number of H-pyrrole nitrogens is 1. The zero-order chi connectivity index (χ0) is 8.97. The molecule has 0 aliphatic heterocycles. The molecule has 0 aliphatic carbocycles. The first kappa shape index (κ1) is 12.1. The van der Waals surface area contributed by atoms with Gasteiger partial charge in [-0.15, -0.1) is 10.1 Å². The van der Waals surface area contributed by atoms with Crippen LogP contribution in [0.3, 0.4) is 0 Å². The van der Waals surface area contributed by atoms with E-state index in [1.54, 1.807) is 11.3 Å². The largest absolute Gasteiger partial charge is 1.00 e. The summed E-state index contributed by atoms with van der Waals surface area (Å²) in [5, 5.41) is 9.02. The van der Waals surface area contributed by atoms with Crippen LogP contribution in [0.15, 0.2) is 5.51 Å². The van der Waals surface area contributed by atoms with Gasteiger partial charge in [0.15, 0.2) is 5.69 Å². The molecule has 1 N–H and O–H groups in total. The lowest BCUT2D eigenvalue weighted by Gasteiger charge is -1.94. The summed E-state index contributed by atoms with van der Waals surface area (Å²) in [6.07, 6.45) is 0.584. The van der Waals surface area contributed by atoms with Crippen LogP contribution in [0.25, 0.3) is 0 Å². The molecule has 1 aromatic heterocycles. The number of nitrogens with zero attached hydrogens (tertiary/aromatic N) is 1. The number of aromatic nitrogens is 1. The molecule has 0 radical (unpaired) electrons. The molecule has 1 heterocycles. The molecule has 0 amide bonds. The van der Waals surface area contributed by atoms with E-state index in [0.29, 0.717) is 6.42 Å². The molecule has 0 atom stereocenters. The molecule has 13 heavy (non-hydrogen) atoms. The smallest absolute Gasteiger partial charge is 0.294 e. The third-order valence-corrected chi connectivity index (χ3v) is 2.45. The second kappa shape index (κ2) is 5.71. The SMILES string of the molecule is Cc1[nH+]csc1CCO[N+](=O)[O-].[Cl-]. The molecule has 0 saturated heterocycles. The van der Waals surface area contributed by atoms with Crippen LogP contribution in [-0.4, -0.2) is 11.7 Å². The van der Waals surface area contributed by atoms with Crippen molar-refractivity contribution in [3.8, 4) is 0 Å². The van der Waals surface area contributed by atoms with Crippen molar-refractivity contribution < 1.29 is 27.3 Å². The van der Waals surface area contributed by atoms with E-state index in [1.165, 1.54) is 0 Å². The standard InChI is InChI=1S/C6H8N2O3S.ClH/c1-5-6(12-4-7-5)2-3-11-8(9)10;/h4H,2-3H2,1H3;1H. The van der Waals surface area contributed by atoms with E-state index in [2.05, 4.69) is 9.82 Å². The van der Waals surface area contributed by atoms with Gasteiger partial charge < -0.3 is 17.2 Å². The highest BCUT2D eigenvalue weighted by Gasteiger charge is 2.06. The number of aromatic amines is 1. The fourth-order valence-corrected chi connectivity index (χ4v) is 1.63. The molecule has 5 nitrogen and oxygen atoms in total. The van der Waals surface area contributed by atoms with Gasteiger partial charge in [-0.3, -0.25) is 0 Å². The Morgan fingerprint density at radius 2 is 2.46 bits per heavy atom. The van der Waals surface area contributed by atoms with Gasteiger partial charge in [-0.1, -0.05) is 11.3 Å². The van der Waals surface area contributed by atoms with Crippen LogP contribution >= 0.6 is 11.3 Å². The number of hydrogen-bond donors (Lipinski definition) is 0. The van der Waals surface area contributed by atoms with Crippen LogP contribution in [0.1, 0.15) is 10.6 Å². The Bertz CT molecular complexity index is 279. The number of aryl methyl sites for hydroxylation is 1. The summed E-state index contributed by atoms with van der Waals surface area (Å²) in [5.41, 5.74) is 2.89. The topological polar surface area (TPSA) is 66.5 Å². The Morgan fingerprint density at radius 1 is 1.77 bits per heavy atom. The van der Waals surface area contributed by atoms with E-state index in [4.69, 9.17) is 0 Å². The van der Waals surface area contributed by atoms with Gasteiger partial charge in [0, 0.05) is 13.3 Å². The minimum Gasteiger partial charge on any atom is -1.00 e. The summed E-state index contributed by atoms with van der Waals surface area (Å²) < 4.78 is 0. The lowest BCUT2D eigenvalue weighted by atomic mass is 10.3. The predicted octanol–water partition coefficient (Wildman–Crippen LogP) is -2.37. The lowest BCUT2D eigenvalue weighted by Crippen LogP contribution is -3.00. The molecular weight excluding hydrogens is 216 g/mol. The minimum atomic E-state index is -0.771. The fourth-order valence-electron chi connectivity index (χ4n) is 0.817. The monoisotopic (exact) mass is 224 g/mol. The molecule has 0 aliphatic rings. The third-order valence-electron chi connectivity index (χ3n) is 1.42. The molecule has 0 fully saturated rings. The van der Waals surface area contributed by atoms with Crippen LogP contribution in [0.4, 0.5) is 0 Å². The average Bonchev–Trinajstić information content (AvgIpc) is 2.36. The highest BCUT2D eigenvalue weighted by atomic mass is 35.5. The van der Waals surface area contributed by atoms with Crippen LogP contribution in [0.5, 0.6) is 0 Å². The Balaban J connectivity index is 0.00000144. The maximum atomic E-state index is 9.79. The third kappa shape index (κ3) is 4.05. The Hall–Kier alpha value is -0.880. The summed E-state index contributed by atoms with van der Waals surface area (Å²) >= 11 is 1.54. The normalized spacial score (nSPS) is 9.00. The first-order valence-corrected chi connectivity index (χ1v) is 4.30. The van der Waals surface area contributed by atoms with Crippen molar-refractivity contribution in [1.82, 2.24) is 0 Å². The summed E-state index contributed by atoms with van der Waals surface area (Å²) in [4.78, 5) is 18.1. The van der Waals surface area contributed by atoms with Crippen molar-refractivity contribution in [3.05, 3.63) is 26.2 Å². The van der Waals surface area contributed by atoms with Gasteiger partial charge in [0.2, 0.25) is 5.51 Å². The molecule has 0 spiro atoms. The molecule has 0 unspecified atom stereocenters. The Kier molecular flexibility index (Phi) is 5.33. The van der Waals surface area contributed by atoms with Crippen molar-refractivity contribution in [1.29, 1.82) is 0 Å². The molecule has 7 heteroatoms. The molecule has 1 rings (SSSR count). The Morgan fingerprint density at radius 3 is 2.92 bits per heavy atom. The van der Waals surface area contributed by atoms with E-state index in [1.807, 2.05) is 12.4 Å². The number of nitrogens with one attached hydrogen (secondary N) is 1. The van der Waals surface area contributed by atoms with Crippen molar-refractivity contribution in [2.75, 3.05) is 6.61 Å². The fraction of sp³-hybridized carbons (Fsp3) is 0.500. The number of halogens is 1. The summed E-state index contributed by atoms with van der Waals surface area (Å²) in [6, 6.07) is 0. The quantitative estimate of drug-likeness (QED) is 0.424. The van der Waals surface area contributed by atoms with E-state index >= 15 is 0 Å². The van der Waals surface area contributed by atoms with Crippen molar-refractivity contribution in [2.24, 2.45) is 0 Å². The van der Waals surface area contributed by atoms with Crippen molar-refractivity contribution in [3.63, 3.8) is 0 Å². The van der Waals surface area contributed by atoms with Crippen LogP contribution in [-0.2, 0) is 11.3 Å². The number of rotatable bonds is 4. The van der Waals surface area contributed by atoms with Crippen LogP contribution in [0.2, 0.25) is 0 Å². The molecule has 0 aromatic carbocycles. The second-order valence-corrected chi connectivity index (χ2v) is 3.20. The maximum Gasteiger partial charge on any atom is 0.294 e. The van der Waals surface area contributed by atoms with Crippen LogP contribution < -0.4 is 17.4 Å². The summed E-state index contributed by atoms with van der Waals surface area (Å²) in [7, 11) is 0. The van der Waals surface area contributed by atoms with Gasteiger partial charge >= 0.3 is 0 Å². The molecule has 0 bridgehead atoms. The van der Waals surface area contributed by atoms with Gasteiger partial charge in [0.05, 0.1) is 4.88 Å². The average molecular weight is 225 g/mol. The van der Waals surface area contributed by atoms with E-state index in [-0.39, 0.29) is 19.0 Å². The minimum absolute atomic E-state index is 0. The molecule has 74 valence electrons. The van der Waals surface area contributed by atoms with Crippen molar-refractivity contribution >= 4 is 11.3 Å². The summed E-state index contributed by atoms with van der Waals surface area (Å²) in [6.45, 7) is 2.06. The van der Waals surface area contributed by atoms with E-state index in [9.17, 15) is 10.1 Å². The number of thiazole rings is 1. The predicted molar refractivity (Wildman–Crippen MR) is 42.3 cm³/mol. The number of hydrogen-bond acceptors (Lipinski definition) is 4. The van der Waals surface area contributed by atoms with Gasteiger partial charge in [-0.25, -0.2) is 4.98 Å². The zero-order valence-corrected chi connectivity index (χ0v) is 8.52. The highest BCUT2D eigenvalue weighted by molar-refractivity contribution is 7.09. The van der Waals surface area contributed by atoms with Gasteiger partial charge in [0.25, 0.3) is 5.09 Å².